The molecule has 0 aliphatic carbocycles. The molecule has 19 heavy (non-hydrogen) atoms. The second-order valence-corrected chi connectivity index (χ2v) is 6.98. The van der Waals surface area contributed by atoms with Crippen molar-refractivity contribution in [2.75, 3.05) is 13.1 Å². The number of hydrogen-bond donors (Lipinski definition) is 3. The van der Waals surface area contributed by atoms with E-state index in [1.54, 1.807) is 0 Å². The van der Waals surface area contributed by atoms with Crippen molar-refractivity contribution in [1.29, 1.82) is 0 Å². The smallest absolute Gasteiger partial charge is 0.314 e. The number of carbonyl (C=O) groups is 2. The number of hydrogen-bond acceptors (Lipinski definition) is 2. The average Bonchev–Trinajstić information content (AvgIpc) is 2.23. The number of carboxylic acids is 1. The Morgan fingerprint density at radius 2 is 1.58 bits per heavy atom. The topological polar surface area (TPSA) is 78.4 Å². The highest BCUT2D eigenvalue weighted by molar-refractivity contribution is 5.73. The minimum atomic E-state index is -0.774. The van der Waals surface area contributed by atoms with Crippen LogP contribution in [0.2, 0.25) is 0 Å². The van der Waals surface area contributed by atoms with Gasteiger partial charge in [-0.1, -0.05) is 34.6 Å². The van der Waals surface area contributed by atoms with E-state index in [2.05, 4.69) is 31.4 Å². The summed E-state index contributed by atoms with van der Waals surface area (Å²) >= 11 is 0. The van der Waals surface area contributed by atoms with Crippen LogP contribution in [-0.2, 0) is 4.79 Å². The van der Waals surface area contributed by atoms with Gasteiger partial charge in [-0.3, -0.25) is 4.79 Å². The molecule has 0 aliphatic rings. The van der Waals surface area contributed by atoms with Gasteiger partial charge in [0.25, 0.3) is 0 Å². The molecule has 0 aromatic rings. The van der Waals surface area contributed by atoms with Crippen molar-refractivity contribution in [1.82, 2.24) is 10.6 Å². The third-order valence-corrected chi connectivity index (χ3v) is 2.88. The predicted octanol–water partition coefficient (Wildman–Crippen LogP) is 2.61. The number of carboxylic acid groups (broad SMARTS) is 1. The molecule has 0 atom stereocenters. The summed E-state index contributed by atoms with van der Waals surface area (Å²) in [5.41, 5.74) is -0.00616. The molecule has 0 radical (unpaired) electrons. The van der Waals surface area contributed by atoms with Gasteiger partial charge in [-0.05, 0) is 23.7 Å². The van der Waals surface area contributed by atoms with Gasteiger partial charge in [-0.2, -0.15) is 0 Å². The molecular weight excluding hydrogens is 244 g/mol. The van der Waals surface area contributed by atoms with Gasteiger partial charge in [0.15, 0.2) is 0 Å². The van der Waals surface area contributed by atoms with E-state index in [-0.39, 0.29) is 23.3 Å². The second kappa shape index (κ2) is 7.36. The van der Waals surface area contributed by atoms with Crippen LogP contribution in [0.25, 0.3) is 0 Å². The first-order valence-electron chi connectivity index (χ1n) is 6.75. The summed E-state index contributed by atoms with van der Waals surface area (Å²) in [5, 5.41) is 14.3. The van der Waals surface area contributed by atoms with Crippen LogP contribution in [0.4, 0.5) is 4.79 Å². The molecule has 0 heterocycles. The highest BCUT2D eigenvalue weighted by atomic mass is 16.4. The van der Waals surface area contributed by atoms with E-state index in [4.69, 9.17) is 5.11 Å². The van der Waals surface area contributed by atoms with E-state index in [0.717, 1.165) is 6.42 Å². The van der Waals surface area contributed by atoms with Crippen LogP contribution >= 0.6 is 0 Å². The zero-order valence-electron chi connectivity index (χ0n) is 12.8. The molecular formula is C14H28N2O3. The molecule has 0 spiro atoms. The zero-order valence-corrected chi connectivity index (χ0v) is 12.8. The fourth-order valence-corrected chi connectivity index (χ4v) is 1.49. The summed E-state index contributed by atoms with van der Waals surface area (Å²) in [6.45, 7) is 11.4. The predicted molar refractivity (Wildman–Crippen MR) is 76.1 cm³/mol. The van der Waals surface area contributed by atoms with Crippen LogP contribution in [0.15, 0.2) is 0 Å². The van der Waals surface area contributed by atoms with Crippen LogP contribution in [0.1, 0.15) is 53.9 Å². The quantitative estimate of drug-likeness (QED) is 0.666. The second-order valence-electron chi connectivity index (χ2n) is 6.98. The lowest BCUT2D eigenvalue weighted by Gasteiger charge is -2.24. The van der Waals surface area contributed by atoms with Gasteiger partial charge in [0, 0.05) is 19.5 Å². The highest BCUT2D eigenvalue weighted by Gasteiger charge is 2.19. The zero-order chi connectivity index (χ0) is 15.1. The minimum Gasteiger partial charge on any atom is -0.481 e. The molecule has 0 saturated heterocycles. The van der Waals surface area contributed by atoms with Gasteiger partial charge < -0.3 is 15.7 Å². The van der Waals surface area contributed by atoms with E-state index in [1.807, 2.05) is 13.8 Å². The third kappa shape index (κ3) is 11.6. The van der Waals surface area contributed by atoms with E-state index < -0.39 is 5.97 Å². The van der Waals surface area contributed by atoms with Crippen molar-refractivity contribution in [3.8, 4) is 0 Å². The van der Waals surface area contributed by atoms with Crippen LogP contribution in [-0.4, -0.2) is 30.2 Å². The lowest BCUT2D eigenvalue weighted by molar-refractivity contribution is -0.137. The summed E-state index contributed by atoms with van der Waals surface area (Å²) in [5.74, 6) is -0.774. The van der Waals surface area contributed by atoms with E-state index >= 15 is 0 Å². The third-order valence-electron chi connectivity index (χ3n) is 2.88. The maximum absolute atomic E-state index is 11.5. The van der Waals surface area contributed by atoms with Crippen molar-refractivity contribution in [3.05, 3.63) is 0 Å². The molecule has 0 aromatic heterocycles. The number of nitrogens with one attached hydrogen (secondary N) is 2. The Labute approximate surface area is 116 Å². The maximum Gasteiger partial charge on any atom is 0.314 e. The van der Waals surface area contributed by atoms with Crippen LogP contribution in [0.5, 0.6) is 0 Å². The van der Waals surface area contributed by atoms with Gasteiger partial charge in [-0.25, -0.2) is 4.79 Å². The molecule has 0 saturated carbocycles. The van der Waals surface area contributed by atoms with E-state index in [1.165, 1.54) is 0 Å². The summed E-state index contributed by atoms with van der Waals surface area (Å²) in [6, 6.07) is -0.163. The Bertz CT molecular complexity index is 306. The fourth-order valence-electron chi connectivity index (χ4n) is 1.49. The number of amides is 2. The van der Waals surface area contributed by atoms with E-state index in [9.17, 15) is 9.59 Å². The molecule has 112 valence electrons. The Morgan fingerprint density at radius 3 is 2.05 bits per heavy atom. The van der Waals surface area contributed by atoms with Crippen molar-refractivity contribution in [2.24, 2.45) is 10.8 Å². The number of urea groups is 1. The number of aliphatic carboxylic acids is 1. The van der Waals surface area contributed by atoms with Gasteiger partial charge >= 0.3 is 12.0 Å². The number of rotatable bonds is 7. The molecule has 0 aliphatic heterocycles. The molecule has 3 N–H and O–H groups in total. The SMILES string of the molecule is CC(C)(C)CNC(=O)NCCC(C)(C)CCC(=O)O. The summed E-state index contributed by atoms with van der Waals surface area (Å²) in [6.07, 6.45) is 1.56. The van der Waals surface area contributed by atoms with Gasteiger partial charge in [0.1, 0.15) is 0 Å². The summed E-state index contributed by atoms with van der Waals surface area (Å²) < 4.78 is 0. The van der Waals surface area contributed by atoms with Gasteiger partial charge in [0.2, 0.25) is 0 Å². The lowest BCUT2D eigenvalue weighted by Crippen LogP contribution is -2.41. The minimum absolute atomic E-state index is 0.0676. The van der Waals surface area contributed by atoms with E-state index in [0.29, 0.717) is 19.5 Å². The largest absolute Gasteiger partial charge is 0.481 e. The first kappa shape index (κ1) is 17.7. The fraction of sp³-hybridized carbons (Fsp3) is 0.857. The summed E-state index contributed by atoms with van der Waals surface area (Å²) in [4.78, 5) is 22.1. The first-order chi connectivity index (χ1) is 8.52. The van der Waals surface area contributed by atoms with Crippen LogP contribution in [0, 0.1) is 10.8 Å². The average molecular weight is 272 g/mol. The van der Waals surface area contributed by atoms with Crippen molar-refractivity contribution in [2.45, 2.75) is 53.9 Å². The normalized spacial score (nSPS) is 12.1. The number of carbonyl (C=O) groups excluding carboxylic acids is 1. The Hall–Kier alpha value is -1.26. The summed E-state index contributed by atoms with van der Waals surface area (Å²) in [7, 11) is 0. The molecule has 0 bridgehead atoms. The molecule has 0 aromatic carbocycles. The van der Waals surface area contributed by atoms with Crippen molar-refractivity contribution in [3.63, 3.8) is 0 Å². The molecule has 0 fully saturated rings. The molecule has 0 unspecified atom stereocenters. The Balaban J connectivity index is 3.83. The Morgan fingerprint density at radius 1 is 1.00 bits per heavy atom. The molecule has 2 amide bonds. The lowest BCUT2D eigenvalue weighted by atomic mass is 9.84. The monoisotopic (exact) mass is 272 g/mol. The molecule has 0 rings (SSSR count). The first-order valence-corrected chi connectivity index (χ1v) is 6.75. The van der Waals surface area contributed by atoms with Crippen molar-refractivity contribution >= 4 is 12.0 Å². The van der Waals surface area contributed by atoms with Crippen LogP contribution in [0.3, 0.4) is 0 Å². The highest BCUT2D eigenvalue weighted by Crippen LogP contribution is 2.25. The van der Waals surface area contributed by atoms with Crippen LogP contribution < -0.4 is 10.6 Å². The molecule has 5 nitrogen and oxygen atoms in total. The standard InChI is InChI=1S/C14H28N2O3/c1-13(2,3)10-16-12(19)15-9-8-14(4,5)7-6-11(17)18/h6-10H2,1-5H3,(H,17,18)(H2,15,16,19). The van der Waals surface area contributed by atoms with Crippen molar-refractivity contribution < 1.29 is 14.7 Å². The van der Waals surface area contributed by atoms with Gasteiger partial charge in [0.05, 0.1) is 0 Å². The molecule has 5 heteroatoms. The Kier molecular flexibility index (Phi) is 6.87. The van der Waals surface area contributed by atoms with Gasteiger partial charge in [-0.15, -0.1) is 0 Å². The maximum atomic E-state index is 11.5.